The summed E-state index contributed by atoms with van der Waals surface area (Å²) in [6, 6.07) is 0.487. The van der Waals surface area contributed by atoms with E-state index in [1.165, 1.54) is 0 Å². The lowest BCUT2D eigenvalue weighted by Gasteiger charge is -2.09. The van der Waals surface area contributed by atoms with Crippen molar-refractivity contribution in [3.05, 3.63) is 10.0 Å². The fraction of sp³-hybridized carbons (Fsp3) is 0.818. The normalized spacial score (nSPS) is 25.5. The molecule has 2 atom stereocenters. The Morgan fingerprint density at radius 2 is 2.31 bits per heavy atom. The number of hydrogen-bond donors (Lipinski definition) is 1. The zero-order valence-corrected chi connectivity index (χ0v) is 10.9. The van der Waals surface area contributed by atoms with Crippen molar-refractivity contribution in [3.63, 3.8) is 0 Å². The smallest absolute Gasteiger partial charge is 0.131 e. The Labute approximate surface area is 100 Å². The Morgan fingerprint density at radius 1 is 1.50 bits per heavy atom. The van der Waals surface area contributed by atoms with E-state index in [-0.39, 0.29) is 0 Å². The molecule has 0 spiro atoms. The molecule has 0 saturated carbocycles. The van der Waals surface area contributed by atoms with E-state index in [2.05, 4.69) is 36.3 Å². The molecule has 2 rings (SSSR count). The van der Waals surface area contributed by atoms with E-state index in [0.29, 0.717) is 18.1 Å². The van der Waals surface area contributed by atoms with Gasteiger partial charge in [-0.2, -0.15) is 0 Å². The van der Waals surface area contributed by atoms with Gasteiger partial charge in [-0.3, -0.25) is 0 Å². The third-order valence-corrected chi connectivity index (χ3v) is 3.89. The van der Waals surface area contributed by atoms with E-state index < -0.39 is 0 Å². The van der Waals surface area contributed by atoms with Gasteiger partial charge in [-0.25, -0.2) is 0 Å². The highest BCUT2D eigenvalue weighted by molar-refractivity contribution is 7.11. The number of nitrogens with one attached hydrogen (secondary N) is 1. The molecule has 2 unspecified atom stereocenters. The second-order valence-electron chi connectivity index (χ2n) is 4.54. The van der Waals surface area contributed by atoms with Crippen LogP contribution in [0.15, 0.2) is 0 Å². The van der Waals surface area contributed by atoms with Gasteiger partial charge >= 0.3 is 0 Å². The summed E-state index contributed by atoms with van der Waals surface area (Å²) in [7, 11) is 0. The fourth-order valence-corrected chi connectivity index (χ4v) is 2.86. The van der Waals surface area contributed by atoms with Gasteiger partial charge in [-0.1, -0.05) is 25.2 Å². The Kier molecular flexibility index (Phi) is 3.89. The molecular weight excluding hydrogens is 222 g/mol. The molecule has 1 N–H and O–H groups in total. The van der Waals surface area contributed by atoms with Crippen molar-refractivity contribution in [2.75, 3.05) is 6.61 Å². The topological polar surface area (TPSA) is 47.0 Å². The predicted molar refractivity (Wildman–Crippen MR) is 64.7 cm³/mol. The van der Waals surface area contributed by atoms with E-state index in [9.17, 15) is 0 Å². The summed E-state index contributed by atoms with van der Waals surface area (Å²) in [4.78, 5) is 0. The van der Waals surface area contributed by atoms with Gasteiger partial charge in [0.15, 0.2) is 0 Å². The first-order valence-electron chi connectivity index (χ1n) is 5.84. The first-order chi connectivity index (χ1) is 7.66. The lowest BCUT2D eigenvalue weighted by Crippen LogP contribution is -2.21. The molecular formula is C11H19N3OS. The molecule has 0 bridgehead atoms. The summed E-state index contributed by atoms with van der Waals surface area (Å²) in [5.74, 6) is 0.449. The molecule has 16 heavy (non-hydrogen) atoms. The van der Waals surface area contributed by atoms with E-state index in [0.717, 1.165) is 29.6 Å². The lowest BCUT2D eigenvalue weighted by atomic mass is 10.0. The maximum absolute atomic E-state index is 5.55. The predicted octanol–water partition coefficient (Wildman–Crippen LogP) is 1.93. The largest absolute Gasteiger partial charge is 0.378 e. The average molecular weight is 241 g/mol. The molecule has 0 aromatic carbocycles. The minimum absolute atomic E-state index is 0.291. The van der Waals surface area contributed by atoms with Gasteiger partial charge in [0.25, 0.3) is 0 Å². The maximum Gasteiger partial charge on any atom is 0.131 e. The van der Waals surface area contributed by atoms with Crippen molar-refractivity contribution in [1.29, 1.82) is 0 Å². The van der Waals surface area contributed by atoms with Crippen molar-refractivity contribution < 1.29 is 4.74 Å². The van der Waals surface area contributed by atoms with E-state index in [1.807, 2.05) is 0 Å². The summed E-state index contributed by atoms with van der Waals surface area (Å²) in [6.07, 6.45) is 1.37. The highest BCUT2D eigenvalue weighted by Crippen LogP contribution is 2.32. The quantitative estimate of drug-likeness (QED) is 0.875. The summed E-state index contributed by atoms with van der Waals surface area (Å²) in [5, 5.41) is 14.0. The Hall–Kier alpha value is -0.520. The molecule has 1 aliphatic rings. The van der Waals surface area contributed by atoms with Gasteiger partial charge in [0.1, 0.15) is 10.0 Å². The summed E-state index contributed by atoms with van der Waals surface area (Å²) in [6.45, 7) is 8.05. The molecule has 5 heteroatoms. The second-order valence-corrected chi connectivity index (χ2v) is 5.63. The second kappa shape index (κ2) is 5.21. The first-order valence-corrected chi connectivity index (χ1v) is 6.65. The van der Waals surface area contributed by atoms with Crippen LogP contribution in [0, 0.1) is 0 Å². The summed E-state index contributed by atoms with van der Waals surface area (Å²) in [5.41, 5.74) is 0. The molecule has 0 amide bonds. The molecule has 1 saturated heterocycles. The zero-order chi connectivity index (χ0) is 11.5. The summed E-state index contributed by atoms with van der Waals surface area (Å²) >= 11 is 1.71. The lowest BCUT2D eigenvalue weighted by molar-refractivity contribution is 0.118. The van der Waals surface area contributed by atoms with Gasteiger partial charge in [0.05, 0.1) is 6.10 Å². The molecule has 0 radical (unpaired) electrons. The molecule has 90 valence electrons. The van der Waals surface area contributed by atoms with Gasteiger partial charge in [0.2, 0.25) is 0 Å². The molecule has 0 aliphatic carbocycles. The van der Waals surface area contributed by atoms with Crippen LogP contribution >= 0.6 is 11.3 Å². The maximum atomic E-state index is 5.55. The van der Waals surface area contributed by atoms with Crippen molar-refractivity contribution in [3.8, 4) is 0 Å². The number of aromatic nitrogens is 2. The molecule has 2 heterocycles. The molecule has 1 aromatic heterocycles. The highest BCUT2D eigenvalue weighted by Gasteiger charge is 2.28. The first kappa shape index (κ1) is 12.0. The van der Waals surface area contributed by atoms with Crippen LogP contribution in [0.1, 0.15) is 43.1 Å². The number of hydrogen-bond acceptors (Lipinski definition) is 5. The van der Waals surface area contributed by atoms with Crippen LogP contribution in [0.4, 0.5) is 0 Å². The van der Waals surface area contributed by atoms with Gasteiger partial charge in [-0.15, -0.1) is 10.2 Å². The Morgan fingerprint density at radius 3 is 2.94 bits per heavy atom. The van der Waals surface area contributed by atoms with E-state index in [1.54, 1.807) is 11.3 Å². The van der Waals surface area contributed by atoms with Crippen LogP contribution in [0.2, 0.25) is 0 Å². The molecule has 4 nitrogen and oxygen atoms in total. The Balaban J connectivity index is 1.96. The van der Waals surface area contributed by atoms with Gasteiger partial charge < -0.3 is 10.1 Å². The highest BCUT2D eigenvalue weighted by atomic mass is 32.1. The van der Waals surface area contributed by atoms with Crippen molar-refractivity contribution in [2.24, 2.45) is 0 Å². The summed E-state index contributed by atoms with van der Waals surface area (Å²) < 4.78 is 5.55. The fourth-order valence-electron chi connectivity index (χ4n) is 1.84. The van der Waals surface area contributed by atoms with Gasteiger partial charge in [-0.05, 0) is 13.3 Å². The average Bonchev–Trinajstić information content (AvgIpc) is 2.83. The SMILES string of the molecule is CC(C)NCc1nnc(C2CCOC2C)s1. The van der Waals surface area contributed by atoms with Crippen LogP contribution in [0.3, 0.4) is 0 Å². The number of ether oxygens (including phenoxy) is 1. The van der Waals surface area contributed by atoms with Crippen molar-refractivity contribution in [1.82, 2.24) is 15.5 Å². The standard InChI is InChI=1S/C11H19N3OS/c1-7(2)12-6-10-13-14-11(16-10)9-4-5-15-8(9)3/h7-9,12H,4-6H2,1-3H3. The van der Waals surface area contributed by atoms with Crippen molar-refractivity contribution in [2.45, 2.75) is 51.8 Å². The van der Waals surface area contributed by atoms with Gasteiger partial charge in [0, 0.05) is 25.1 Å². The minimum atomic E-state index is 0.291. The van der Waals surface area contributed by atoms with E-state index >= 15 is 0 Å². The third-order valence-electron chi connectivity index (χ3n) is 2.84. The van der Waals surface area contributed by atoms with Crippen LogP contribution in [0.25, 0.3) is 0 Å². The molecule has 1 aliphatic heterocycles. The van der Waals surface area contributed by atoms with Crippen LogP contribution in [-0.2, 0) is 11.3 Å². The van der Waals surface area contributed by atoms with Crippen LogP contribution < -0.4 is 5.32 Å². The Bertz CT molecular complexity index is 340. The van der Waals surface area contributed by atoms with Crippen molar-refractivity contribution >= 4 is 11.3 Å². The zero-order valence-electron chi connectivity index (χ0n) is 10.1. The van der Waals surface area contributed by atoms with Crippen LogP contribution in [0.5, 0.6) is 0 Å². The van der Waals surface area contributed by atoms with Crippen LogP contribution in [-0.4, -0.2) is 29.0 Å². The molecule has 1 aromatic rings. The third kappa shape index (κ3) is 2.78. The van der Waals surface area contributed by atoms with E-state index in [4.69, 9.17) is 4.74 Å². The number of rotatable bonds is 4. The monoisotopic (exact) mass is 241 g/mol. The minimum Gasteiger partial charge on any atom is -0.378 e. The molecule has 1 fully saturated rings. The number of nitrogens with zero attached hydrogens (tertiary/aromatic N) is 2.